The largest absolute Gasteiger partial charge is 0.295 e. The van der Waals surface area contributed by atoms with Crippen LogP contribution < -0.4 is 0 Å². The molecule has 0 aromatic rings. The first-order chi connectivity index (χ1) is 3.77. The molecule has 0 unspecified atom stereocenters. The molecule has 0 aliphatic heterocycles. The van der Waals surface area contributed by atoms with Gasteiger partial charge in [0, 0.05) is 0 Å². The van der Waals surface area contributed by atoms with Crippen molar-refractivity contribution in [3.63, 3.8) is 0 Å². The zero-order valence-corrected chi connectivity index (χ0v) is 5.23. The number of ketones is 1. The summed E-state index contributed by atoms with van der Waals surface area (Å²) in [5.41, 5.74) is 0. The van der Waals surface area contributed by atoms with Crippen LogP contribution in [0.2, 0.25) is 0 Å². The first-order valence-corrected chi connectivity index (χ1v) is 2.87. The van der Waals surface area contributed by atoms with E-state index in [0.29, 0.717) is 0 Å². The van der Waals surface area contributed by atoms with Crippen LogP contribution in [0.3, 0.4) is 0 Å². The molecule has 0 bridgehead atoms. The van der Waals surface area contributed by atoms with E-state index >= 15 is 0 Å². The average molecular weight is 127 g/mol. The zero-order valence-electron chi connectivity index (χ0n) is 4.42. The van der Waals surface area contributed by atoms with Gasteiger partial charge in [-0.05, 0) is 30.2 Å². The third-order valence-electron chi connectivity index (χ3n) is 0.423. The van der Waals surface area contributed by atoms with Crippen LogP contribution in [0.5, 0.6) is 0 Å². The molecule has 0 heterocycles. The molecule has 0 radical (unpaired) electrons. The molecule has 2 nitrogen and oxygen atoms in total. The van der Waals surface area contributed by atoms with E-state index in [2.05, 4.69) is 0 Å². The van der Waals surface area contributed by atoms with Gasteiger partial charge in [0.2, 0.25) is 0 Å². The van der Waals surface area contributed by atoms with Crippen molar-refractivity contribution in [2.45, 2.75) is 6.92 Å². The summed E-state index contributed by atoms with van der Waals surface area (Å²) >= 11 is 0.941. The van der Waals surface area contributed by atoms with Crippen molar-refractivity contribution >= 4 is 17.5 Å². The lowest BCUT2D eigenvalue weighted by atomic mass is 10.5. The van der Waals surface area contributed by atoms with Crippen LogP contribution in [-0.4, -0.2) is 5.78 Å². The maximum absolute atomic E-state index is 10.1. The van der Waals surface area contributed by atoms with Gasteiger partial charge in [-0.25, -0.2) is 0 Å². The molecule has 0 atom stereocenters. The summed E-state index contributed by atoms with van der Waals surface area (Å²) in [6.45, 7) is 1.44. The Kier molecular flexibility index (Phi) is 4.00. The summed E-state index contributed by atoms with van der Waals surface area (Å²) in [5.74, 6) is -0.0345. The van der Waals surface area contributed by atoms with E-state index in [0.717, 1.165) is 11.8 Å². The molecule has 0 saturated carbocycles. The lowest BCUT2D eigenvalue weighted by Gasteiger charge is -1.72. The number of allylic oxidation sites excluding steroid dienone is 1. The minimum Gasteiger partial charge on any atom is -0.295 e. The summed E-state index contributed by atoms with van der Waals surface area (Å²) in [4.78, 5) is 10.1. The van der Waals surface area contributed by atoms with Crippen molar-refractivity contribution in [1.82, 2.24) is 0 Å². The second-order valence-electron chi connectivity index (χ2n) is 1.12. The lowest BCUT2D eigenvalue weighted by Crippen LogP contribution is -1.76. The van der Waals surface area contributed by atoms with Crippen LogP contribution in [0.25, 0.3) is 0 Å². The molecule has 0 saturated heterocycles. The maximum Gasteiger partial charge on any atom is 0.153 e. The maximum atomic E-state index is 10.1. The Morgan fingerprint density at radius 1 is 1.88 bits per heavy atom. The molecule has 0 aliphatic rings. The topological polar surface area (TPSA) is 40.9 Å². The third kappa shape index (κ3) is 5.25. The predicted molar refractivity (Wildman–Crippen MR) is 33.0 cm³/mol. The van der Waals surface area contributed by atoms with Gasteiger partial charge in [-0.1, -0.05) is 0 Å². The van der Waals surface area contributed by atoms with E-state index in [4.69, 9.17) is 5.26 Å². The highest BCUT2D eigenvalue weighted by atomic mass is 32.2. The molecule has 3 heteroatoms. The Labute approximate surface area is 52.2 Å². The number of hydrogen-bond donors (Lipinski definition) is 0. The van der Waals surface area contributed by atoms with E-state index in [1.54, 1.807) is 5.40 Å². The average Bonchev–Trinajstić information content (AvgIpc) is 1.66. The highest BCUT2D eigenvalue weighted by molar-refractivity contribution is 8.06. The molecule has 0 aliphatic carbocycles. The van der Waals surface area contributed by atoms with Crippen LogP contribution in [0.15, 0.2) is 11.5 Å². The van der Waals surface area contributed by atoms with E-state index in [1.807, 2.05) is 0 Å². The fourth-order valence-corrected chi connectivity index (χ4v) is 0.481. The van der Waals surface area contributed by atoms with Crippen molar-refractivity contribution in [2.24, 2.45) is 0 Å². The molecule has 0 fully saturated rings. The van der Waals surface area contributed by atoms with Crippen LogP contribution in [0, 0.1) is 10.7 Å². The van der Waals surface area contributed by atoms with Gasteiger partial charge in [-0.15, -0.1) is 0 Å². The van der Waals surface area contributed by atoms with E-state index in [1.165, 1.54) is 18.4 Å². The standard InChI is InChI=1S/C5H5NOS/c1-5(7)2-3-8-4-6/h2-3H,1H3/b3-2-. The number of thiocyanates is 1. The van der Waals surface area contributed by atoms with Gasteiger partial charge in [-0.2, -0.15) is 5.26 Å². The lowest BCUT2D eigenvalue weighted by molar-refractivity contribution is -0.112. The monoisotopic (exact) mass is 127 g/mol. The van der Waals surface area contributed by atoms with Crippen LogP contribution in [0.1, 0.15) is 6.92 Å². The number of nitriles is 1. The van der Waals surface area contributed by atoms with Crippen LogP contribution >= 0.6 is 11.8 Å². The Morgan fingerprint density at radius 3 is 2.88 bits per heavy atom. The quantitative estimate of drug-likeness (QED) is 0.414. The van der Waals surface area contributed by atoms with Crippen molar-refractivity contribution in [3.05, 3.63) is 11.5 Å². The van der Waals surface area contributed by atoms with Gasteiger partial charge < -0.3 is 0 Å². The highest BCUT2D eigenvalue weighted by Gasteiger charge is 1.78. The van der Waals surface area contributed by atoms with Gasteiger partial charge in [0.25, 0.3) is 0 Å². The number of carbonyl (C=O) groups excluding carboxylic acids is 1. The summed E-state index contributed by atoms with van der Waals surface area (Å²) < 4.78 is 0. The zero-order chi connectivity index (χ0) is 6.41. The second-order valence-corrected chi connectivity index (χ2v) is 1.81. The van der Waals surface area contributed by atoms with Crippen LogP contribution in [-0.2, 0) is 4.79 Å². The van der Waals surface area contributed by atoms with Gasteiger partial charge in [0.1, 0.15) is 5.40 Å². The number of nitrogens with zero attached hydrogens (tertiary/aromatic N) is 1. The molecule has 0 rings (SSSR count). The predicted octanol–water partition coefficient (Wildman–Crippen LogP) is 1.30. The molecule has 0 aromatic heterocycles. The van der Waals surface area contributed by atoms with E-state index in [-0.39, 0.29) is 5.78 Å². The Hall–Kier alpha value is -0.750. The summed E-state index contributed by atoms with van der Waals surface area (Å²) in [5, 5.41) is 11.2. The van der Waals surface area contributed by atoms with E-state index < -0.39 is 0 Å². The third-order valence-corrected chi connectivity index (χ3v) is 0.801. The summed E-state index contributed by atoms with van der Waals surface area (Å²) in [6.07, 6.45) is 1.36. The Bertz CT molecular complexity index is 145. The smallest absolute Gasteiger partial charge is 0.153 e. The molecule has 42 valence electrons. The number of thioether (sulfide) groups is 1. The van der Waals surface area contributed by atoms with Crippen molar-refractivity contribution < 1.29 is 4.79 Å². The molecule has 0 amide bonds. The van der Waals surface area contributed by atoms with E-state index in [9.17, 15) is 4.79 Å². The molecule has 8 heavy (non-hydrogen) atoms. The second kappa shape index (κ2) is 4.41. The first kappa shape index (κ1) is 7.25. The number of rotatable bonds is 2. The fourth-order valence-electron chi connectivity index (χ4n) is 0.160. The van der Waals surface area contributed by atoms with Crippen molar-refractivity contribution in [3.8, 4) is 5.40 Å². The SMILES string of the molecule is CC(=O)/C=C\SC#N. The van der Waals surface area contributed by atoms with Gasteiger partial charge in [-0.3, -0.25) is 4.79 Å². The molecule has 0 N–H and O–H groups in total. The number of carbonyl (C=O) groups is 1. The highest BCUT2D eigenvalue weighted by Crippen LogP contribution is 1.96. The minimum atomic E-state index is -0.0345. The van der Waals surface area contributed by atoms with Gasteiger partial charge in [0.05, 0.1) is 0 Å². The fraction of sp³-hybridized carbons (Fsp3) is 0.200. The molecule has 0 spiro atoms. The normalized spacial score (nSPS) is 9.00. The van der Waals surface area contributed by atoms with Gasteiger partial charge in [0.15, 0.2) is 5.78 Å². The molecule has 0 aromatic carbocycles. The van der Waals surface area contributed by atoms with Crippen molar-refractivity contribution in [2.75, 3.05) is 0 Å². The summed E-state index contributed by atoms with van der Waals surface area (Å²) in [6, 6.07) is 0. The van der Waals surface area contributed by atoms with Gasteiger partial charge >= 0.3 is 0 Å². The Balaban J connectivity index is 3.38. The first-order valence-electron chi connectivity index (χ1n) is 1.99. The number of hydrogen-bond acceptors (Lipinski definition) is 3. The summed E-state index contributed by atoms with van der Waals surface area (Å²) in [7, 11) is 0. The van der Waals surface area contributed by atoms with Crippen LogP contribution in [0.4, 0.5) is 0 Å². The van der Waals surface area contributed by atoms with Crippen molar-refractivity contribution in [1.29, 1.82) is 5.26 Å². The molecular formula is C5H5NOS. The molecular weight excluding hydrogens is 122 g/mol. The minimum absolute atomic E-state index is 0.0345. The Morgan fingerprint density at radius 2 is 2.50 bits per heavy atom.